The van der Waals surface area contributed by atoms with Gasteiger partial charge in [0, 0.05) is 11.6 Å². The number of benzene rings is 1. The third kappa shape index (κ3) is 5.83. The SMILES string of the molecule is CC(C)CC(C)(COc1ccc(-c2cc(Cl)ncn2)cc1C#N)NC(=O)O. The first-order chi connectivity index (χ1) is 12.7. The fraction of sp³-hybridized carbons (Fsp3) is 0.368. The molecule has 0 fully saturated rings. The van der Waals surface area contributed by atoms with Crippen molar-refractivity contribution in [3.05, 3.63) is 41.3 Å². The molecule has 1 amide bonds. The number of hydrogen-bond donors (Lipinski definition) is 2. The van der Waals surface area contributed by atoms with Crippen LogP contribution in [0.15, 0.2) is 30.6 Å². The van der Waals surface area contributed by atoms with Crippen molar-refractivity contribution in [3.8, 4) is 23.1 Å². The monoisotopic (exact) mass is 388 g/mol. The molecule has 0 radical (unpaired) electrons. The van der Waals surface area contributed by atoms with E-state index in [1.165, 1.54) is 6.33 Å². The Morgan fingerprint density at radius 3 is 2.74 bits per heavy atom. The minimum Gasteiger partial charge on any atom is -0.490 e. The van der Waals surface area contributed by atoms with Gasteiger partial charge in [0.1, 0.15) is 29.9 Å². The smallest absolute Gasteiger partial charge is 0.405 e. The maximum Gasteiger partial charge on any atom is 0.405 e. The number of ether oxygens (including phenoxy) is 1. The zero-order valence-corrected chi connectivity index (χ0v) is 16.1. The first-order valence-corrected chi connectivity index (χ1v) is 8.76. The minimum absolute atomic E-state index is 0.102. The van der Waals surface area contributed by atoms with Crippen LogP contribution in [0, 0.1) is 17.2 Å². The maximum absolute atomic E-state index is 11.1. The molecule has 1 aromatic carbocycles. The van der Waals surface area contributed by atoms with Gasteiger partial charge in [0.15, 0.2) is 0 Å². The van der Waals surface area contributed by atoms with Crippen molar-refractivity contribution < 1.29 is 14.6 Å². The van der Waals surface area contributed by atoms with Crippen LogP contribution in [0.1, 0.15) is 32.8 Å². The molecule has 0 aliphatic rings. The maximum atomic E-state index is 11.1. The molecule has 142 valence electrons. The van der Waals surface area contributed by atoms with E-state index in [0.29, 0.717) is 34.1 Å². The number of nitrogens with one attached hydrogen (secondary N) is 1. The molecule has 1 heterocycles. The number of aromatic nitrogens is 2. The summed E-state index contributed by atoms with van der Waals surface area (Å²) in [6.45, 7) is 5.89. The summed E-state index contributed by atoms with van der Waals surface area (Å²) in [4.78, 5) is 19.1. The zero-order valence-electron chi connectivity index (χ0n) is 15.4. The first kappa shape index (κ1) is 20.5. The molecule has 0 aliphatic heterocycles. The van der Waals surface area contributed by atoms with Crippen LogP contribution in [0.25, 0.3) is 11.3 Å². The average molecular weight is 389 g/mol. The van der Waals surface area contributed by atoms with Crippen molar-refractivity contribution in [1.82, 2.24) is 15.3 Å². The van der Waals surface area contributed by atoms with Gasteiger partial charge in [0.05, 0.1) is 16.8 Å². The van der Waals surface area contributed by atoms with Gasteiger partial charge in [0.2, 0.25) is 0 Å². The zero-order chi connectivity index (χ0) is 20.0. The summed E-state index contributed by atoms with van der Waals surface area (Å²) >= 11 is 5.89. The molecule has 2 aromatic rings. The lowest BCUT2D eigenvalue weighted by Gasteiger charge is -2.31. The second-order valence-corrected chi connectivity index (χ2v) is 7.31. The van der Waals surface area contributed by atoms with E-state index in [2.05, 4.69) is 21.4 Å². The lowest BCUT2D eigenvalue weighted by Crippen LogP contribution is -2.50. The Morgan fingerprint density at radius 2 is 2.15 bits per heavy atom. The van der Waals surface area contributed by atoms with E-state index < -0.39 is 11.6 Å². The summed E-state index contributed by atoms with van der Waals surface area (Å²) in [5, 5.41) is 21.4. The average Bonchev–Trinajstić information content (AvgIpc) is 2.58. The number of nitriles is 1. The lowest BCUT2D eigenvalue weighted by atomic mass is 9.91. The van der Waals surface area contributed by atoms with E-state index >= 15 is 0 Å². The Hall–Kier alpha value is -2.85. The number of nitrogens with zero attached hydrogens (tertiary/aromatic N) is 3. The third-order valence-corrected chi connectivity index (χ3v) is 4.05. The summed E-state index contributed by atoms with van der Waals surface area (Å²) in [7, 11) is 0. The summed E-state index contributed by atoms with van der Waals surface area (Å²) in [5.41, 5.74) is 0.850. The Morgan fingerprint density at radius 1 is 1.41 bits per heavy atom. The number of carbonyl (C=O) groups is 1. The van der Waals surface area contributed by atoms with Gasteiger partial charge in [-0.05, 0) is 37.5 Å². The quantitative estimate of drug-likeness (QED) is 0.690. The van der Waals surface area contributed by atoms with Crippen molar-refractivity contribution in [1.29, 1.82) is 5.26 Å². The highest BCUT2D eigenvalue weighted by Crippen LogP contribution is 2.27. The van der Waals surface area contributed by atoms with Crippen LogP contribution in [0.4, 0.5) is 4.79 Å². The predicted molar refractivity (Wildman–Crippen MR) is 102 cm³/mol. The Kier molecular flexibility index (Phi) is 6.59. The molecular formula is C19H21ClN4O3. The molecule has 0 aliphatic carbocycles. The summed E-state index contributed by atoms with van der Waals surface area (Å²) < 4.78 is 5.80. The van der Waals surface area contributed by atoms with Crippen molar-refractivity contribution in [2.45, 2.75) is 32.7 Å². The van der Waals surface area contributed by atoms with Crippen LogP contribution in [0.3, 0.4) is 0 Å². The van der Waals surface area contributed by atoms with Crippen LogP contribution in [-0.4, -0.2) is 33.3 Å². The Labute approximate surface area is 163 Å². The van der Waals surface area contributed by atoms with Crippen LogP contribution < -0.4 is 10.1 Å². The molecule has 0 saturated heterocycles. The van der Waals surface area contributed by atoms with E-state index in [4.69, 9.17) is 21.4 Å². The predicted octanol–water partition coefficient (Wildman–Crippen LogP) is 4.12. The summed E-state index contributed by atoms with van der Waals surface area (Å²) in [5.74, 6) is 0.648. The number of amides is 1. The summed E-state index contributed by atoms with van der Waals surface area (Å²) in [6, 6.07) is 8.79. The fourth-order valence-corrected chi connectivity index (χ4v) is 3.08. The molecule has 1 atom stereocenters. The van der Waals surface area contributed by atoms with Crippen molar-refractivity contribution in [2.24, 2.45) is 5.92 Å². The first-order valence-electron chi connectivity index (χ1n) is 8.38. The lowest BCUT2D eigenvalue weighted by molar-refractivity contribution is 0.143. The number of halogens is 1. The van der Waals surface area contributed by atoms with Gasteiger partial charge >= 0.3 is 6.09 Å². The highest BCUT2D eigenvalue weighted by molar-refractivity contribution is 6.29. The molecule has 27 heavy (non-hydrogen) atoms. The van der Waals surface area contributed by atoms with Gasteiger partial charge in [-0.25, -0.2) is 14.8 Å². The molecular weight excluding hydrogens is 368 g/mol. The molecule has 8 heteroatoms. The van der Waals surface area contributed by atoms with Gasteiger partial charge in [0.25, 0.3) is 0 Å². The van der Waals surface area contributed by atoms with E-state index in [0.717, 1.165) is 0 Å². The highest BCUT2D eigenvalue weighted by atomic mass is 35.5. The van der Waals surface area contributed by atoms with E-state index in [9.17, 15) is 10.1 Å². The molecule has 0 saturated carbocycles. The molecule has 2 rings (SSSR count). The van der Waals surface area contributed by atoms with Crippen molar-refractivity contribution >= 4 is 17.7 Å². The van der Waals surface area contributed by atoms with Gasteiger partial charge in [-0.3, -0.25) is 0 Å². The van der Waals surface area contributed by atoms with Crippen LogP contribution >= 0.6 is 11.6 Å². The normalized spacial score (nSPS) is 12.9. The molecule has 2 N–H and O–H groups in total. The van der Waals surface area contributed by atoms with Gasteiger partial charge in [-0.2, -0.15) is 5.26 Å². The van der Waals surface area contributed by atoms with Crippen LogP contribution in [0.2, 0.25) is 5.15 Å². The van der Waals surface area contributed by atoms with Gasteiger partial charge in [-0.15, -0.1) is 0 Å². The Balaban J connectivity index is 2.23. The van der Waals surface area contributed by atoms with Crippen LogP contribution in [0.5, 0.6) is 5.75 Å². The second-order valence-electron chi connectivity index (χ2n) is 6.93. The molecule has 0 spiro atoms. The number of carboxylic acid groups (broad SMARTS) is 1. The molecule has 0 bridgehead atoms. The largest absolute Gasteiger partial charge is 0.490 e. The second kappa shape index (κ2) is 8.69. The third-order valence-electron chi connectivity index (χ3n) is 3.84. The summed E-state index contributed by atoms with van der Waals surface area (Å²) in [6.07, 6.45) is 0.833. The van der Waals surface area contributed by atoms with Crippen molar-refractivity contribution in [2.75, 3.05) is 6.61 Å². The molecule has 1 aromatic heterocycles. The standard InChI is InChI=1S/C19H21ClN4O3/c1-12(2)8-19(3,24-18(25)26)10-27-16-5-4-13(6-14(16)9-21)15-7-17(20)23-11-22-15/h4-7,11-12,24H,8,10H2,1-3H3,(H,25,26). The minimum atomic E-state index is -1.11. The number of rotatable bonds is 7. The topological polar surface area (TPSA) is 108 Å². The fourth-order valence-electron chi connectivity index (χ4n) is 2.94. The Bertz CT molecular complexity index is 866. The van der Waals surface area contributed by atoms with Crippen LogP contribution in [-0.2, 0) is 0 Å². The number of hydrogen-bond acceptors (Lipinski definition) is 5. The highest BCUT2D eigenvalue weighted by Gasteiger charge is 2.29. The molecule has 1 unspecified atom stereocenters. The van der Waals surface area contributed by atoms with E-state index in [1.54, 1.807) is 31.2 Å². The van der Waals surface area contributed by atoms with Gasteiger partial charge in [-0.1, -0.05) is 25.4 Å². The van der Waals surface area contributed by atoms with Crippen molar-refractivity contribution in [3.63, 3.8) is 0 Å². The molecule has 7 nitrogen and oxygen atoms in total. The van der Waals surface area contributed by atoms with E-state index in [-0.39, 0.29) is 12.5 Å². The van der Waals surface area contributed by atoms with Gasteiger partial charge < -0.3 is 15.2 Å². The van der Waals surface area contributed by atoms with E-state index in [1.807, 2.05) is 13.8 Å².